The molecule has 1 heterocycles. The van der Waals surface area contributed by atoms with E-state index < -0.39 is 18.1 Å². The molecule has 3 rings (SSSR count). The molecule has 3 atom stereocenters. The van der Waals surface area contributed by atoms with E-state index >= 15 is 0 Å². The zero-order valence-corrected chi connectivity index (χ0v) is 16.3. The Morgan fingerprint density at radius 1 is 1.40 bits per heavy atom. The quantitative estimate of drug-likeness (QED) is 0.161. The van der Waals surface area contributed by atoms with Gasteiger partial charge in [-0.15, -0.1) is 0 Å². The molecule has 1 aromatic carbocycles. The molecule has 30 heavy (non-hydrogen) atoms. The van der Waals surface area contributed by atoms with Gasteiger partial charge < -0.3 is 27.5 Å². The molecule has 1 saturated carbocycles. The maximum Gasteiger partial charge on any atom is 0.254 e. The highest BCUT2D eigenvalue weighted by Gasteiger charge is 2.31. The third-order valence-corrected chi connectivity index (χ3v) is 4.78. The third kappa shape index (κ3) is 5.33. The molecule has 1 aromatic heterocycles. The first-order valence-electron chi connectivity index (χ1n) is 9.53. The van der Waals surface area contributed by atoms with Gasteiger partial charge >= 0.3 is 0 Å². The van der Waals surface area contributed by atoms with Gasteiger partial charge in [-0.05, 0) is 25.3 Å². The number of hydrogen-bond acceptors (Lipinski definition) is 8. The predicted octanol–water partition coefficient (Wildman–Crippen LogP) is 0.779. The molecule has 1 fully saturated rings. The lowest BCUT2D eigenvalue weighted by Gasteiger charge is -2.32. The van der Waals surface area contributed by atoms with Crippen molar-refractivity contribution in [2.45, 2.75) is 37.5 Å². The Balaban J connectivity index is 1.81. The minimum Gasteiger partial charge on any atom is -0.365 e. The number of primary amides is 1. The van der Waals surface area contributed by atoms with Crippen molar-refractivity contribution in [2.75, 3.05) is 10.6 Å². The molecule has 9 N–H and O–H groups in total. The fourth-order valence-electron chi connectivity index (χ4n) is 3.24. The lowest BCUT2D eigenvalue weighted by Crippen LogP contribution is -2.71. The van der Waals surface area contributed by atoms with Crippen molar-refractivity contribution in [2.24, 2.45) is 16.6 Å². The van der Waals surface area contributed by atoms with Crippen molar-refractivity contribution in [3.8, 4) is 0 Å². The number of carbonyl (C=O) groups is 1. The van der Waals surface area contributed by atoms with Crippen molar-refractivity contribution in [3.63, 3.8) is 0 Å². The van der Waals surface area contributed by atoms with Crippen LogP contribution in [0.15, 0.2) is 35.6 Å². The Bertz CT molecular complexity index is 936. The number of carbonyl (C=O) groups excluding carboxylic acids is 1. The minimum atomic E-state index is -1.08. The number of anilines is 3. The molecular formula is C19H25FN9O+. The summed E-state index contributed by atoms with van der Waals surface area (Å²) >= 11 is 0. The van der Waals surface area contributed by atoms with E-state index in [0.29, 0.717) is 18.5 Å². The van der Waals surface area contributed by atoms with Gasteiger partial charge in [-0.3, -0.25) is 4.79 Å². The summed E-state index contributed by atoms with van der Waals surface area (Å²) in [6.45, 7) is 0. The zero-order chi connectivity index (χ0) is 21.5. The number of nitrogens with zero attached hydrogens (tertiary/aromatic N) is 3. The molecule has 0 saturated heterocycles. The second-order valence-electron chi connectivity index (χ2n) is 6.94. The highest BCUT2D eigenvalue weighted by atomic mass is 19.1. The normalized spacial score (nSPS) is 21.3. The van der Waals surface area contributed by atoms with Crippen LogP contribution in [0.4, 0.5) is 27.5 Å². The molecule has 0 bridgehead atoms. The lowest BCUT2D eigenvalue weighted by molar-refractivity contribution is -0.576. The standard InChI is InChI=1S/C19H24FN9O/c20-14-5-2-6-15(16(14)22)27-19-24-10-13(17(23)30)18(28-19)26-11-3-1-4-12(9-11)29-25-8-7-21/h1,3-4,7-10,14-16,21,29H,2,5-6,22H2,(H2,23,30)(H2,24,26,27,28)/p+1/b21-7?,25-8-/t14?,15-,16+/m1/s1. The Morgan fingerprint density at radius 2 is 2.23 bits per heavy atom. The molecule has 10 nitrogen and oxygen atoms in total. The van der Waals surface area contributed by atoms with Gasteiger partial charge in [0.2, 0.25) is 5.95 Å². The summed E-state index contributed by atoms with van der Waals surface area (Å²) in [5, 5.41) is 17.1. The summed E-state index contributed by atoms with van der Waals surface area (Å²) in [5.41, 5.74) is 14.6. The largest absolute Gasteiger partial charge is 0.365 e. The SMILES string of the molecule is N=C/C=N\[NH2+]c1cccc(Nc2nc(N[C@@H]3CCCC(F)[C@@H]3N)ncc2C(N)=O)c1. The number of rotatable bonds is 8. The molecular weight excluding hydrogens is 389 g/mol. The van der Waals surface area contributed by atoms with E-state index in [9.17, 15) is 9.18 Å². The van der Waals surface area contributed by atoms with Gasteiger partial charge in [0.25, 0.3) is 5.91 Å². The molecule has 1 amide bonds. The Kier molecular flexibility index (Phi) is 6.99. The number of nitrogens with two attached hydrogens (primary N) is 3. The van der Waals surface area contributed by atoms with Gasteiger partial charge in [0.15, 0.2) is 5.69 Å². The smallest absolute Gasteiger partial charge is 0.254 e. The zero-order valence-electron chi connectivity index (χ0n) is 16.3. The molecule has 1 aliphatic carbocycles. The Morgan fingerprint density at radius 3 is 3.00 bits per heavy atom. The van der Waals surface area contributed by atoms with Crippen molar-refractivity contribution < 1.29 is 14.6 Å². The topological polar surface area (TPSA) is 172 Å². The summed E-state index contributed by atoms with van der Waals surface area (Å²) < 4.78 is 13.9. The van der Waals surface area contributed by atoms with Crippen molar-refractivity contribution >= 4 is 41.5 Å². The minimum absolute atomic E-state index is 0.119. The van der Waals surface area contributed by atoms with E-state index in [0.717, 1.165) is 18.3 Å². The van der Waals surface area contributed by atoms with E-state index in [2.05, 4.69) is 25.7 Å². The summed E-state index contributed by atoms with van der Waals surface area (Å²) in [4.78, 5) is 20.3. The van der Waals surface area contributed by atoms with Crippen LogP contribution in [0, 0.1) is 5.41 Å². The fraction of sp³-hybridized carbons (Fsp3) is 0.316. The number of quaternary nitrogens is 1. The van der Waals surface area contributed by atoms with Crippen molar-refractivity contribution in [3.05, 3.63) is 36.0 Å². The highest BCUT2D eigenvalue weighted by Crippen LogP contribution is 2.25. The molecule has 11 heteroatoms. The van der Waals surface area contributed by atoms with Crippen molar-refractivity contribution in [1.82, 2.24) is 9.97 Å². The van der Waals surface area contributed by atoms with Crippen LogP contribution in [0.25, 0.3) is 0 Å². The first kappa shape index (κ1) is 21.3. The van der Waals surface area contributed by atoms with Gasteiger partial charge in [-0.25, -0.2) is 9.37 Å². The number of nitrogens with one attached hydrogen (secondary N) is 3. The van der Waals surface area contributed by atoms with Crippen LogP contribution in [0.2, 0.25) is 0 Å². The van der Waals surface area contributed by atoms with Crippen LogP contribution in [-0.4, -0.2) is 46.6 Å². The van der Waals surface area contributed by atoms with Crippen LogP contribution in [-0.2, 0) is 0 Å². The average molecular weight is 414 g/mol. The predicted molar refractivity (Wildman–Crippen MR) is 113 cm³/mol. The summed E-state index contributed by atoms with van der Waals surface area (Å²) in [7, 11) is 0. The van der Waals surface area contributed by atoms with Gasteiger partial charge in [0, 0.05) is 36.3 Å². The molecule has 0 aliphatic heterocycles. The molecule has 2 aromatic rings. The molecule has 158 valence electrons. The molecule has 0 spiro atoms. The second kappa shape index (κ2) is 9.85. The van der Waals surface area contributed by atoms with Gasteiger partial charge in [0.05, 0.1) is 6.04 Å². The fourth-order valence-corrected chi connectivity index (χ4v) is 3.24. The van der Waals surface area contributed by atoms with Gasteiger partial charge in [-0.1, -0.05) is 11.2 Å². The van der Waals surface area contributed by atoms with Crippen molar-refractivity contribution in [1.29, 1.82) is 5.41 Å². The summed E-state index contributed by atoms with van der Waals surface area (Å²) in [5.74, 6) is -0.225. The van der Waals surface area contributed by atoms with Crippen LogP contribution in [0.1, 0.15) is 29.6 Å². The Hall–Kier alpha value is -3.44. The lowest BCUT2D eigenvalue weighted by atomic mass is 9.89. The average Bonchev–Trinajstić information content (AvgIpc) is 2.72. The number of halogens is 1. The highest BCUT2D eigenvalue weighted by molar-refractivity contribution is 6.14. The van der Waals surface area contributed by atoms with E-state index in [1.807, 2.05) is 6.07 Å². The van der Waals surface area contributed by atoms with Gasteiger partial charge in [-0.2, -0.15) is 10.4 Å². The van der Waals surface area contributed by atoms with Crippen LogP contribution >= 0.6 is 0 Å². The maximum atomic E-state index is 13.9. The van der Waals surface area contributed by atoms with E-state index in [1.54, 1.807) is 23.6 Å². The van der Waals surface area contributed by atoms with E-state index in [-0.39, 0.29) is 23.4 Å². The summed E-state index contributed by atoms with van der Waals surface area (Å²) in [6.07, 6.45) is 4.56. The monoisotopic (exact) mass is 414 g/mol. The van der Waals surface area contributed by atoms with Crippen LogP contribution in [0.5, 0.6) is 0 Å². The third-order valence-electron chi connectivity index (χ3n) is 4.78. The molecule has 0 radical (unpaired) electrons. The first-order chi connectivity index (χ1) is 14.5. The number of aromatic nitrogens is 2. The van der Waals surface area contributed by atoms with E-state index in [4.69, 9.17) is 16.9 Å². The number of hydrogen-bond donors (Lipinski definition) is 6. The van der Waals surface area contributed by atoms with Crippen LogP contribution in [0.3, 0.4) is 0 Å². The number of alkyl halides is 1. The number of benzene rings is 1. The van der Waals surface area contributed by atoms with E-state index in [1.165, 1.54) is 12.4 Å². The maximum absolute atomic E-state index is 13.9. The summed E-state index contributed by atoms with van der Waals surface area (Å²) in [6, 6.07) is 6.29. The first-order valence-corrected chi connectivity index (χ1v) is 9.53. The molecule has 1 unspecified atom stereocenters. The second-order valence-corrected chi connectivity index (χ2v) is 6.94. The van der Waals surface area contributed by atoms with Gasteiger partial charge in [0.1, 0.15) is 23.8 Å². The van der Waals surface area contributed by atoms with Crippen LogP contribution < -0.4 is 27.5 Å². The molecule has 1 aliphatic rings. The Labute approximate surface area is 172 Å². The number of amides is 1.